The molecular formula is C19H19ClN2O5S. The molecule has 3 N–H and O–H groups in total. The van der Waals surface area contributed by atoms with Crippen LogP contribution in [0, 0.1) is 0 Å². The number of hydrogen-bond acceptors (Lipinski definition) is 5. The Morgan fingerprint density at radius 2 is 1.96 bits per heavy atom. The number of benzene rings is 2. The lowest BCUT2D eigenvalue weighted by atomic mass is 9.88. The van der Waals surface area contributed by atoms with Gasteiger partial charge in [0.1, 0.15) is 4.90 Å². The van der Waals surface area contributed by atoms with Gasteiger partial charge in [0.05, 0.1) is 16.6 Å². The Bertz CT molecular complexity index is 1020. The number of amides is 1. The van der Waals surface area contributed by atoms with Crippen LogP contribution in [0.3, 0.4) is 0 Å². The number of esters is 1. The molecule has 0 fully saturated rings. The van der Waals surface area contributed by atoms with Crippen LogP contribution in [0.5, 0.6) is 0 Å². The molecule has 7 nitrogen and oxygen atoms in total. The van der Waals surface area contributed by atoms with Crippen molar-refractivity contribution in [1.82, 2.24) is 5.32 Å². The minimum Gasteiger partial charge on any atom is -0.452 e. The van der Waals surface area contributed by atoms with Gasteiger partial charge in [0.25, 0.3) is 5.91 Å². The Balaban J connectivity index is 1.62. The fourth-order valence-electron chi connectivity index (χ4n) is 3.20. The molecule has 0 saturated carbocycles. The number of nitrogens with one attached hydrogen (secondary N) is 1. The summed E-state index contributed by atoms with van der Waals surface area (Å²) in [5.74, 6) is -1.28. The third-order valence-corrected chi connectivity index (χ3v) is 5.90. The quantitative estimate of drug-likeness (QED) is 0.717. The highest BCUT2D eigenvalue weighted by Gasteiger charge is 2.22. The van der Waals surface area contributed by atoms with Gasteiger partial charge >= 0.3 is 5.97 Å². The summed E-state index contributed by atoms with van der Waals surface area (Å²) in [5.41, 5.74) is 2.21. The van der Waals surface area contributed by atoms with Gasteiger partial charge in [-0.1, -0.05) is 35.9 Å². The molecule has 1 aliphatic carbocycles. The van der Waals surface area contributed by atoms with Gasteiger partial charge < -0.3 is 10.1 Å². The Morgan fingerprint density at radius 3 is 2.71 bits per heavy atom. The summed E-state index contributed by atoms with van der Waals surface area (Å²) >= 11 is 5.79. The van der Waals surface area contributed by atoms with Gasteiger partial charge in [-0.25, -0.2) is 18.4 Å². The highest BCUT2D eigenvalue weighted by Crippen LogP contribution is 2.29. The van der Waals surface area contributed by atoms with Crippen LogP contribution in [0.4, 0.5) is 0 Å². The van der Waals surface area contributed by atoms with Gasteiger partial charge in [-0.05, 0) is 48.6 Å². The molecule has 28 heavy (non-hydrogen) atoms. The second kappa shape index (κ2) is 8.30. The molecule has 2 aromatic carbocycles. The molecule has 0 spiro atoms. The van der Waals surface area contributed by atoms with Crippen LogP contribution >= 0.6 is 11.6 Å². The molecule has 1 atom stereocenters. The predicted molar refractivity (Wildman–Crippen MR) is 103 cm³/mol. The molecule has 0 unspecified atom stereocenters. The molecule has 0 radical (unpaired) electrons. The van der Waals surface area contributed by atoms with E-state index in [2.05, 4.69) is 5.32 Å². The second-order valence-electron chi connectivity index (χ2n) is 6.48. The molecule has 0 heterocycles. The first kappa shape index (κ1) is 20.3. The number of aryl methyl sites for hydroxylation is 1. The molecule has 3 rings (SSSR count). The van der Waals surface area contributed by atoms with Crippen molar-refractivity contribution >= 4 is 33.5 Å². The zero-order valence-corrected chi connectivity index (χ0v) is 16.4. The third-order valence-electron chi connectivity index (χ3n) is 4.51. The van der Waals surface area contributed by atoms with E-state index >= 15 is 0 Å². The van der Waals surface area contributed by atoms with Gasteiger partial charge in [-0.15, -0.1) is 0 Å². The average molecular weight is 423 g/mol. The number of sulfonamides is 1. The van der Waals surface area contributed by atoms with Crippen molar-refractivity contribution < 1.29 is 22.7 Å². The highest BCUT2D eigenvalue weighted by molar-refractivity contribution is 7.89. The number of hydrogen-bond donors (Lipinski definition) is 2. The Kier molecular flexibility index (Phi) is 6.02. The molecule has 9 heteroatoms. The van der Waals surface area contributed by atoms with E-state index in [1.807, 2.05) is 24.3 Å². The Labute approximate surface area is 167 Å². The van der Waals surface area contributed by atoms with E-state index in [1.165, 1.54) is 17.7 Å². The summed E-state index contributed by atoms with van der Waals surface area (Å²) < 4.78 is 28.0. The van der Waals surface area contributed by atoms with Crippen LogP contribution in [-0.2, 0) is 26.0 Å². The maximum Gasteiger partial charge on any atom is 0.338 e. The van der Waals surface area contributed by atoms with Crippen LogP contribution in [0.1, 0.15) is 40.4 Å². The SMILES string of the molecule is NS(=O)(=O)c1cc(C(=O)OCC(=O)N[C@@H]2CCCc3ccccc32)ccc1Cl. The summed E-state index contributed by atoms with van der Waals surface area (Å²) in [6.07, 6.45) is 2.74. The van der Waals surface area contributed by atoms with E-state index in [1.54, 1.807) is 0 Å². The molecule has 0 saturated heterocycles. The number of halogens is 1. The molecule has 0 aromatic heterocycles. The molecule has 148 valence electrons. The summed E-state index contributed by atoms with van der Waals surface area (Å²) in [4.78, 5) is 24.0. The van der Waals surface area contributed by atoms with Crippen molar-refractivity contribution in [2.24, 2.45) is 5.14 Å². The van der Waals surface area contributed by atoms with E-state index in [-0.39, 0.29) is 21.5 Å². The van der Waals surface area contributed by atoms with Gasteiger partial charge in [-0.2, -0.15) is 0 Å². The van der Waals surface area contributed by atoms with Crippen molar-refractivity contribution in [3.05, 3.63) is 64.2 Å². The molecular weight excluding hydrogens is 404 g/mol. The van der Waals surface area contributed by atoms with Crippen molar-refractivity contribution in [2.45, 2.75) is 30.2 Å². The van der Waals surface area contributed by atoms with Crippen molar-refractivity contribution in [1.29, 1.82) is 0 Å². The largest absolute Gasteiger partial charge is 0.452 e. The Hall–Kier alpha value is -2.42. The van der Waals surface area contributed by atoms with E-state index in [0.717, 1.165) is 30.9 Å². The number of ether oxygens (including phenoxy) is 1. The van der Waals surface area contributed by atoms with Crippen molar-refractivity contribution in [2.75, 3.05) is 6.61 Å². The first-order chi connectivity index (χ1) is 13.3. The average Bonchev–Trinajstić information content (AvgIpc) is 2.66. The summed E-state index contributed by atoms with van der Waals surface area (Å²) in [6.45, 7) is -0.481. The topological polar surface area (TPSA) is 116 Å². The van der Waals surface area contributed by atoms with Crippen LogP contribution in [0.2, 0.25) is 5.02 Å². The number of rotatable bonds is 5. The lowest BCUT2D eigenvalue weighted by Gasteiger charge is -2.26. The standard InChI is InChI=1S/C19H19ClN2O5S/c20-15-9-8-13(10-17(15)28(21,25)26)19(24)27-11-18(23)22-16-7-3-5-12-4-1-2-6-14(12)16/h1-2,4,6,8-10,16H,3,5,7,11H2,(H,22,23)(H2,21,25,26)/t16-/m1/s1. The smallest absolute Gasteiger partial charge is 0.338 e. The molecule has 0 bridgehead atoms. The Morgan fingerprint density at radius 1 is 1.21 bits per heavy atom. The zero-order chi connectivity index (χ0) is 20.3. The third kappa shape index (κ3) is 4.70. The normalized spacial score (nSPS) is 16.1. The summed E-state index contributed by atoms with van der Waals surface area (Å²) in [6, 6.07) is 11.3. The van der Waals surface area contributed by atoms with Crippen LogP contribution in [0.15, 0.2) is 47.4 Å². The monoisotopic (exact) mass is 422 g/mol. The fourth-order valence-corrected chi connectivity index (χ4v) is 4.27. The number of carbonyl (C=O) groups is 2. The highest BCUT2D eigenvalue weighted by atomic mass is 35.5. The van der Waals surface area contributed by atoms with E-state index in [4.69, 9.17) is 21.5 Å². The molecule has 1 aliphatic rings. The van der Waals surface area contributed by atoms with E-state index in [0.29, 0.717) is 0 Å². The van der Waals surface area contributed by atoms with Crippen LogP contribution in [0.25, 0.3) is 0 Å². The number of carbonyl (C=O) groups excluding carboxylic acids is 2. The van der Waals surface area contributed by atoms with Crippen LogP contribution < -0.4 is 10.5 Å². The van der Waals surface area contributed by atoms with E-state index in [9.17, 15) is 18.0 Å². The minimum atomic E-state index is -4.09. The summed E-state index contributed by atoms with van der Waals surface area (Å²) in [7, 11) is -4.09. The maximum atomic E-state index is 12.2. The first-order valence-corrected chi connectivity index (χ1v) is 10.5. The van der Waals surface area contributed by atoms with E-state index < -0.39 is 28.5 Å². The van der Waals surface area contributed by atoms with Gasteiger partial charge in [0, 0.05) is 0 Å². The lowest BCUT2D eigenvalue weighted by molar-refractivity contribution is -0.125. The van der Waals surface area contributed by atoms with Crippen molar-refractivity contribution in [3.8, 4) is 0 Å². The van der Waals surface area contributed by atoms with Crippen molar-refractivity contribution in [3.63, 3.8) is 0 Å². The number of fused-ring (bicyclic) bond motifs is 1. The predicted octanol–water partition coefficient (Wildman–Crippen LogP) is 2.34. The first-order valence-electron chi connectivity index (χ1n) is 8.62. The molecule has 1 amide bonds. The fraction of sp³-hybridized carbons (Fsp3) is 0.263. The van der Waals surface area contributed by atoms with Gasteiger partial charge in [-0.3, -0.25) is 4.79 Å². The number of nitrogens with two attached hydrogens (primary N) is 1. The lowest BCUT2D eigenvalue weighted by Crippen LogP contribution is -2.34. The zero-order valence-electron chi connectivity index (χ0n) is 14.9. The summed E-state index contributed by atoms with van der Waals surface area (Å²) in [5, 5.41) is 7.83. The number of primary sulfonamides is 1. The second-order valence-corrected chi connectivity index (χ2v) is 8.41. The minimum absolute atomic E-state index is 0.0655. The van der Waals surface area contributed by atoms with Gasteiger partial charge in [0.15, 0.2) is 6.61 Å². The molecule has 0 aliphatic heterocycles. The molecule has 2 aromatic rings. The van der Waals surface area contributed by atoms with Crippen LogP contribution in [-0.4, -0.2) is 26.9 Å². The van der Waals surface area contributed by atoms with Gasteiger partial charge in [0.2, 0.25) is 10.0 Å². The maximum absolute atomic E-state index is 12.2.